The first-order valence-electron chi connectivity index (χ1n) is 5.63. The monoisotopic (exact) mass is 400 g/mol. The summed E-state index contributed by atoms with van der Waals surface area (Å²) in [7, 11) is -3.61. The maximum Gasteiger partial charge on any atom is 0.227 e. The third-order valence-corrected chi connectivity index (χ3v) is 5.68. The maximum atomic E-state index is 12.0. The summed E-state index contributed by atoms with van der Waals surface area (Å²) in [6, 6.07) is 3.35. The Morgan fingerprint density at radius 2 is 2.00 bits per heavy atom. The predicted octanol–water partition coefficient (Wildman–Crippen LogP) is 2.40. The zero-order chi connectivity index (χ0) is 15.1. The Balaban J connectivity index is 2.27. The molecule has 2 rings (SSSR count). The van der Waals surface area contributed by atoms with Crippen molar-refractivity contribution in [1.29, 1.82) is 0 Å². The maximum absolute atomic E-state index is 12.0. The first-order chi connectivity index (χ1) is 9.19. The molecule has 9 heteroatoms. The highest BCUT2D eigenvalue weighted by Gasteiger charge is 2.34. The zero-order valence-electron chi connectivity index (χ0n) is 10.1. The molecule has 1 fully saturated rings. The van der Waals surface area contributed by atoms with Crippen LogP contribution >= 0.6 is 39.1 Å². The number of hydrogen-bond donors (Lipinski definition) is 1. The van der Waals surface area contributed by atoms with Gasteiger partial charge in [0.05, 0.1) is 21.5 Å². The molecule has 1 amide bonds. The second kappa shape index (κ2) is 5.81. The Labute approximate surface area is 135 Å². The largest absolute Gasteiger partial charge is 0.311 e. The van der Waals surface area contributed by atoms with Crippen LogP contribution < -0.4 is 10.0 Å². The average Bonchev–Trinajstić information content (AvgIpc) is 2.65. The van der Waals surface area contributed by atoms with Crippen LogP contribution in [0.1, 0.15) is 6.42 Å². The van der Waals surface area contributed by atoms with Crippen molar-refractivity contribution >= 4 is 60.7 Å². The standard InChI is InChI=1S/C11H11BrCl2N2O3S/c12-7-1-2-8(11(14)10(7)13)16-4-6(3-9(16)17)5-20(15,18)19/h1-2,6H,3-5H2,(H2,15,18,19). The van der Waals surface area contributed by atoms with Crippen LogP contribution in [0.5, 0.6) is 0 Å². The molecular formula is C11H11BrCl2N2O3S. The number of halogens is 3. The van der Waals surface area contributed by atoms with E-state index in [1.165, 1.54) is 4.90 Å². The van der Waals surface area contributed by atoms with Gasteiger partial charge in [0, 0.05) is 23.4 Å². The van der Waals surface area contributed by atoms with E-state index >= 15 is 0 Å². The molecule has 1 atom stereocenters. The van der Waals surface area contributed by atoms with Crippen LogP contribution in [0.25, 0.3) is 0 Å². The molecule has 1 saturated heterocycles. The molecule has 20 heavy (non-hydrogen) atoms. The molecule has 1 unspecified atom stereocenters. The van der Waals surface area contributed by atoms with E-state index in [-0.39, 0.29) is 35.6 Å². The molecule has 110 valence electrons. The summed E-state index contributed by atoms with van der Waals surface area (Å²) < 4.78 is 22.8. The lowest BCUT2D eigenvalue weighted by Gasteiger charge is -2.19. The van der Waals surface area contributed by atoms with Crippen LogP contribution in [0.4, 0.5) is 5.69 Å². The van der Waals surface area contributed by atoms with E-state index in [9.17, 15) is 13.2 Å². The van der Waals surface area contributed by atoms with E-state index in [0.717, 1.165) is 0 Å². The number of carbonyl (C=O) groups is 1. The summed E-state index contributed by atoms with van der Waals surface area (Å²) in [6.45, 7) is 0.257. The van der Waals surface area contributed by atoms with Gasteiger partial charge in [-0.2, -0.15) is 0 Å². The van der Waals surface area contributed by atoms with Gasteiger partial charge in [-0.1, -0.05) is 23.2 Å². The number of rotatable bonds is 3. The number of benzene rings is 1. The van der Waals surface area contributed by atoms with Crippen LogP contribution in [-0.2, 0) is 14.8 Å². The smallest absolute Gasteiger partial charge is 0.227 e. The van der Waals surface area contributed by atoms with E-state index in [2.05, 4.69) is 15.9 Å². The SMILES string of the molecule is NS(=O)(=O)CC1CC(=O)N(c2ccc(Br)c(Cl)c2Cl)C1. The Hall–Kier alpha value is -0.340. The molecule has 1 heterocycles. The fraction of sp³-hybridized carbons (Fsp3) is 0.364. The van der Waals surface area contributed by atoms with Crippen molar-refractivity contribution in [2.24, 2.45) is 11.1 Å². The number of amides is 1. The molecule has 0 bridgehead atoms. The van der Waals surface area contributed by atoms with Crippen molar-refractivity contribution in [2.75, 3.05) is 17.2 Å². The minimum absolute atomic E-state index is 0.125. The molecule has 0 aliphatic carbocycles. The molecule has 0 aromatic heterocycles. The molecule has 2 N–H and O–H groups in total. The summed E-state index contributed by atoms with van der Waals surface area (Å²) in [6.07, 6.45) is 0.125. The Morgan fingerprint density at radius 3 is 2.60 bits per heavy atom. The average molecular weight is 402 g/mol. The van der Waals surface area contributed by atoms with Gasteiger partial charge in [-0.05, 0) is 28.1 Å². The first-order valence-corrected chi connectivity index (χ1v) is 8.90. The number of nitrogens with two attached hydrogens (primary N) is 1. The quantitative estimate of drug-likeness (QED) is 0.789. The molecule has 1 aromatic carbocycles. The van der Waals surface area contributed by atoms with E-state index < -0.39 is 10.0 Å². The molecule has 5 nitrogen and oxygen atoms in total. The van der Waals surface area contributed by atoms with E-state index in [4.69, 9.17) is 28.3 Å². The number of carbonyl (C=O) groups excluding carboxylic acids is 1. The van der Waals surface area contributed by atoms with Gasteiger partial charge < -0.3 is 4.90 Å². The molecule has 1 aliphatic heterocycles. The van der Waals surface area contributed by atoms with Crippen molar-refractivity contribution < 1.29 is 13.2 Å². The van der Waals surface area contributed by atoms with Crippen LogP contribution in [-0.4, -0.2) is 26.6 Å². The highest BCUT2D eigenvalue weighted by Crippen LogP contribution is 2.39. The number of nitrogens with zero attached hydrogens (tertiary/aromatic N) is 1. The number of hydrogen-bond acceptors (Lipinski definition) is 3. The molecule has 1 aromatic rings. The predicted molar refractivity (Wildman–Crippen MR) is 82.6 cm³/mol. The number of primary sulfonamides is 1. The summed E-state index contributed by atoms with van der Waals surface area (Å²) in [5.74, 6) is -0.758. The van der Waals surface area contributed by atoms with Crippen molar-refractivity contribution in [1.82, 2.24) is 0 Å². The molecule has 0 spiro atoms. The van der Waals surface area contributed by atoms with Crippen molar-refractivity contribution in [3.8, 4) is 0 Å². The van der Waals surface area contributed by atoms with Crippen LogP contribution in [0.2, 0.25) is 10.0 Å². The van der Waals surface area contributed by atoms with Gasteiger partial charge in [0.2, 0.25) is 15.9 Å². The Bertz CT molecular complexity index is 666. The summed E-state index contributed by atoms with van der Waals surface area (Å²) in [4.78, 5) is 13.4. The highest BCUT2D eigenvalue weighted by molar-refractivity contribution is 9.10. The van der Waals surface area contributed by atoms with Crippen molar-refractivity contribution in [2.45, 2.75) is 6.42 Å². The van der Waals surface area contributed by atoms with E-state index in [1.54, 1.807) is 12.1 Å². The topological polar surface area (TPSA) is 80.5 Å². The van der Waals surface area contributed by atoms with Gasteiger partial charge in [-0.3, -0.25) is 4.79 Å². The van der Waals surface area contributed by atoms with Gasteiger partial charge in [0.1, 0.15) is 0 Å². The van der Waals surface area contributed by atoms with Crippen molar-refractivity contribution in [3.63, 3.8) is 0 Å². The van der Waals surface area contributed by atoms with Crippen LogP contribution in [0.15, 0.2) is 16.6 Å². The summed E-state index contributed by atoms with van der Waals surface area (Å²) in [5.41, 5.74) is 0.474. The fourth-order valence-corrected chi connectivity index (χ4v) is 3.93. The third-order valence-electron chi connectivity index (χ3n) is 2.98. The lowest BCUT2D eigenvalue weighted by Crippen LogP contribution is -2.27. The lowest BCUT2D eigenvalue weighted by atomic mass is 10.1. The third kappa shape index (κ3) is 3.46. The van der Waals surface area contributed by atoms with Gasteiger partial charge in [0.25, 0.3) is 0 Å². The number of sulfonamides is 1. The zero-order valence-corrected chi connectivity index (χ0v) is 14.1. The van der Waals surface area contributed by atoms with Gasteiger partial charge in [0.15, 0.2) is 0 Å². The second-order valence-electron chi connectivity index (χ2n) is 4.60. The lowest BCUT2D eigenvalue weighted by molar-refractivity contribution is -0.117. The van der Waals surface area contributed by atoms with Gasteiger partial charge in [-0.25, -0.2) is 13.6 Å². The normalized spacial score (nSPS) is 19.7. The van der Waals surface area contributed by atoms with E-state index in [1.807, 2.05) is 0 Å². The number of anilines is 1. The minimum Gasteiger partial charge on any atom is -0.311 e. The highest BCUT2D eigenvalue weighted by atomic mass is 79.9. The summed E-state index contributed by atoms with van der Waals surface area (Å²) >= 11 is 15.4. The van der Waals surface area contributed by atoms with E-state index in [0.29, 0.717) is 15.2 Å². The van der Waals surface area contributed by atoms with Crippen LogP contribution in [0.3, 0.4) is 0 Å². The molecule has 1 aliphatic rings. The van der Waals surface area contributed by atoms with Gasteiger partial charge >= 0.3 is 0 Å². The first kappa shape index (κ1) is 16.0. The second-order valence-corrected chi connectivity index (χ2v) is 7.87. The Kier molecular flexibility index (Phi) is 4.66. The minimum atomic E-state index is -3.61. The van der Waals surface area contributed by atoms with Crippen molar-refractivity contribution in [3.05, 3.63) is 26.7 Å². The Morgan fingerprint density at radius 1 is 1.35 bits per heavy atom. The fourth-order valence-electron chi connectivity index (χ4n) is 2.18. The van der Waals surface area contributed by atoms with Crippen LogP contribution in [0, 0.1) is 5.92 Å². The molecule has 0 saturated carbocycles. The molecule has 0 radical (unpaired) electrons. The van der Waals surface area contributed by atoms with Gasteiger partial charge in [-0.15, -0.1) is 0 Å². The summed E-state index contributed by atoms with van der Waals surface area (Å²) in [5, 5.41) is 5.57. The molecular weight excluding hydrogens is 391 g/mol.